The van der Waals surface area contributed by atoms with Gasteiger partial charge in [-0.05, 0) is 12.1 Å². The average molecular weight is 244 g/mol. The van der Waals surface area contributed by atoms with E-state index in [1.165, 1.54) is 4.90 Å². The Morgan fingerprint density at radius 2 is 2.06 bits per heavy atom. The summed E-state index contributed by atoms with van der Waals surface area (Å²) in [6, 6.07) is 5.23. The molecular formula is C11H14ClNO3. The van der Waals surface area contributed by atoms with Crippen LogP contribution in [0.2, 0.25) is 0 Å². The zero-order valence-electron chi connectivity index (χ0n) is 9.49. The fourth-order valence-electron chi connectivity index (χ4n) is 1.28. The van der Waals surface area contributed by atoms with Gasteiger partial charge in [-0.1, -0.05) is 0 Å². The minimum absolute atomic E-state index is 0.0726. The third kappa shape index (κ3) is 2.58. The zero-order valence-corrected chi connectivity index (χ0v) is 10.2. The van der Waals surface area contributed by atoms with E-state index < -0.39 is 0 Å². The Hall–Kier alpha value is -1.42. The molecule has 0 aromatic heterocycles. The van der Waals surface area contributed by atoms with Crippen LogP contribution in [0.15, 0.2) is 18.2 Å². The first-order valence-corrected chi connectivity index (χ1v) is 5.22. The van der Waals surface area contributed by atoms with Crippen LogP contribution >= 0.6 is 11.6 Å². The number of carbonyl (C=O) groups is 1. The molecule has 5 heteroatoms. The minimum atomic E-state index is -0.201. The second kappa shape index (κ2) is 5.61. The highest BCUT2D eigenvalue weighted by molar-refractivity contribution is 6.29. The maximum absolute atomic E-state index is 11.5. The Kier molecular flexibility index (Phi) is 4.43. The Morgan fingerprint density at radius 1 is 1.38 bits per heavy atom. The highest BCUT2D eigenvalue weighted by Gasteiger charge is 2.15. The lowest BCUT2D eigenvalue weighted by Crippen LogP contribution is -2.27. The molecule has 1 rings (SSSR count). The number of amides is 1. The standard InChI is InChI=1S/C11H14ClNO3/c1-13(11(14)7-12)9-6-8(15-2)4-5-10(9)16-3/h4-6H,7H2,1-3H3. The number of methoxy groups -OCH3 is 2. The van der Waals surface area contributed by atoms with Crippen molar-refractivity contribution in [3.8, 4) is 11.5 Å². The van der Waals surface area contributed by atoms with Crippen LogP contribution in [0.4, 0.5) is 5.69 Å². The van der Waals surface area contributed by atoms with Crippen LogP contribution < -0.4 is 14.4 Å². The van der Waals surface area contributed by atoms with Crippen molar-refractivity contribution in [1.82, 2.24) is 0 Å². The molecule has 0 saturated heterocycles. The van der Waals surface area contributed by atoms with E-state index in [2.05, 4.69) is 0 Å². The lowest BCUT2D eigenvalue weighted by Gasteiger charge is -2.19. The van der Waals surface area contributed by atoms with Gasteiger partial charge in [0.15, 0.2) is 0 Å². The molecule has 1 amide bonds. The Labute approximate surface area is 99.7 Å². The van der Waals surface area contributed by atoms with E-state index in [0.717, 1.165) is 0 Å². The fourth-order valence-corrected chi connectivity index (χ4v) is 1.46. The van der Waals surface area contributed by atoms with E-state index in [1.54, 1.807) is 39.5 Å². The lowest BCUT2D eigenvalue weighted by atomic mass is 10.2. The average Bonchev–Trinajstić information content (AvgIpc) is 2.35. The molecule has 0 radical (unpaired) electrons. The monoisotopic (exact) mass is 243 g/mol. The summed E-state index contributed by atoms with van der Waals surface area (Å²) in [6.07, 6.45) is 0. The second-order valence-electron chi connectivity index (χ2n) is 3.12. The van der Waals surface area contributed by atoms with Crippen LogP contribution in [-0.2, 0) is 4.79 Å². The molecular weight excluding hydrogens is 230 g/mol. The number of anilines is 1. The van der Waals surface area contributed by atoms with Crippen LogP contribution in [0.5, 0.6) is 11.5 Å². The van der Waals surface area contributed by atoms with E-state index in [4.69, 9.17) is 21.1 Å². The molecule has 1 aromatic rings. The maximum Gasteiger partial charge on any atom is 0.241 e. The number of ether oxygens (including phenoxy) is 2. The fraction of sp³-hybridized carbons (Fsp3) is 0.364. The molecule has 16 heavy (non-hydrogen) atoms. The number of hydrogen-bond acceptors (Lipinski definition) is 3. The van der Waals surface area contributed by atoms with Gasteiger partial charge in [0.05, 0.1) is 19.9 Å². The second-order valence-corrected chi connectivity index (χ2v) is 3.39. The van der Waals surface area contributed by atoms with E-state index in [1.807, 2.05) is 0 Å². The summed E-state index contributed by atoms with van der Waals surface area (Å²) < 4.78 is 10.3. The first kappa shape index (κ1) is 12.6. The number of rotatable bonds is 4. The summed E-state index contributed by atoms with van der Waals surface area (Å²) in [5.41, 5.74) is 0.632. The van der Waals surface area contributed by atoms with Gasteiger partial charge < -0.3 is 14.4 Å². The van der Waals surface area contributed by atoms with Crippen LogP contribution in [0.1, 0.15) is 0 Å². The van der Waals surface area contributed by atoms with Crippen molar-refractivity contribution in [3.05, 3.63) is 18.2 Å². The molecule has 0 atom stereocenters. The van der Waals surface area contributed by atoms with E-state index in [-0.39, 0.29) is 11.8 Å². The van der Waals surface area contributed by atoms with Gasteiger partial charge in [-0.15, -0.1) is 11.6 Å². The smallest absolute Gasteiger partial charge is 0.241 e. The van der Waals surface area contributed by atoms with Gasteiger partial charge in [-0.25, -0.2) is 0 Å². The molecule has 0 unspecified atom stereocenters. The molecule has 0 spiro atoms. The van der Waals surface area contributed by atoms with Crippen molar-refractivity contribution in [2.24, 2.45) is 0 Å². The van der Waals surface area contributed by atoms with E-state index in [9.17, 15) is 4.79 Å². The highest BCUT2D eigenvalue weighted by Crippen LogP contribution is 2.31. The summed E-state index contributed by atoms with van der Waals surface area (Å²) >= 11 is 5.50. The normalized spacial score (nSPS) is 9.75. The summed E-state index contributed by atoms with van der Waals surface area (Å²) in [4.78, 5) is 12.9. The van der Waals surface area contributed by atoms with Crippen molar-refractivity contribution in [1.29, 1.82) is 0 Å². The van der Waals surface area contributed by atoms with Gasteiger partial charge in [-0.2, -0.15) is 0 Å². The Balaban J connectivity index is 3.12. The number of carbonyl (C=O) groups excluding carboxylic acids is 1. The number of nitrogens with zero attached hydrogens (tertiary/aromatic N) is 1. The Bertz CT molecular complexity index is 381. The zero-order chi connectivity index (χ0) is 12.1. The third-order valence-corrected chi connectivity index (χ3v) is 2.46. The quantitative estimate of drug-likeness (QED) is 0.759. The summed E-state index contributed by atoms with van der Waals surface area (Å²) in [5.74, 6) is 0.983. The van der Waals surface area contributed by atoms with Crippen LogP contribution in [-0.4, -0.2) is 33.1 Å². The first-order valence-electron chi connectivity index (χ1n) is 4.68. The van der Waals surface area contributed by atoms with Crippen molar-refractivity contribution in [2.45, 2.75) is 0 Å². The lowest BCUT2D eigenvalue weighted by molar-refractivity contribution is -0.116. The number of benzene rings is 1. The maximum atomic E-state index is 11.5. The van der Waals surface area contributed by atoms with Crippen LogP contribution in [0.3, 0.4) is 0 Å². The SMILES string of the molecule is COc1ccc(OC)c(N(C)C(=O)CCl)c1. The summed E-state index contributed by atoms with van der Waals surface area (Å²) in [5, 5.41) is 0. The van der Waals surface area contributed by atoms with Crippen LogP contribution in [0, 0.1) is 0 Å². The molecule has 88 valence electrons. The predicted molar refractivity (Wildman–Crippen MR) is 63.7 cm³/mol. The molecule has 4 nitrogen and oxygen atoms in total. The van der Waals surface area contributed by atoms with Crippen molar-refractivity contribution in [3.63, 3.8) is 0 Å². The van der Waals surface area contributed by atoms with Gasteiger partial charge in [0.2, 0.25) is 5.91 Å². The largest absolute Gasteiger partial charge is 0.497 e. The van der Waals surface area contributed by atoms with Crippen LogP contribution in [0.25, 0.3) is 0 Å². The van der Waals surface area contributed by atoms with Crippen molar-refractivity contribution >= 4 is 23.2 Å². The molecule has 0 heterocycles. The third-order valence-electron chi connectivity index (χ3n) is 2.24. The molecule has 0 aliphatic carbocycles. The van der Waals surface area contributed by atoms with Crippen molar-refractivity contribution < 1.29 is 14.3 Å². The van der Waals surface area contributed by atoms with E-state index >= 15 is 0 Å². The molecule has 1 aromatic carbocycles. The molecule has 0 aliphatic heterocycles. The summed E-state index contributed by atoms with van der Waals surface area (Å²) in [7, 11) is 4.75. The number of halogens is 1. The highest BCUT2D eigenvalue weighted by atomic mass is 35.5. The van der Waals surface area contributed by atoms with E-state index in [0.29, 0.717) is 17.2 Å². The molecule has 0 bridgehead atoms. The molecule has 0 fully saturated rings. The van der Waals surface area contributed by atoms with Gasteiger partial charge >= 0.3 is 0 Å². The topological polar surface area (TPSA) is 38.8 Å². The molecule has 0 N–H and O–H groups in total. The summed E-state index contributed by atoms with van der Waals surface area (Å²) in [6.45, 7) is 0. The van der Waals surface area contributed by atoms with Gasteiger partial charge in [0.25, 0.3) is 0 Å². The molecule has 0 saturated carbocycles. The number of alkyl halides is 1. The van der Waals surface area contributed by atoms with Gasteiger partial charge in [0, 0.05) is 13.1 Å². The predicted octanol–water partition coefficient (Wildman–Crippen LogP) is 1.91. The minimum Gasteiger partial charge on any atom is -0.497 e. The Morgan fingerprint density at radius 3 is 2.56 bits per heavy atom. The van der Waals surface area contributed by atoms with Gasteiger partial charge in [-0.3, -0.25) is 4.79 Å². The van der Waals surface area contributed by atoms with Gasteiger partial charge in [0.1, 0.15) is 17.4 Å². The number of hydrogen-bond donors (Lipinski definition) is 0. The first-order chi connectivity index (χ1) is 7.63. The molecule has 0 aliphatic rings. The van der Waals surface area contributed by atoms with Crippen molar-refractivity contribution in [2.75, 3.05) is 32.0 Å².